The van der Waals surface area contributed by atoms with Gasteiger partial charge in [-0.3, -0.25) is 0 Å². The maximum absolute atomic E-state index is 10.8. The number of rotatable bonds is 5. The van der Waals surface area contributed by atoms with Gasteiger partial charge in [-0.1, -0.05) is 64.1 Å². The maximum Gasteiger partial charge on any atom is 0.123 e. The van der Waals surface area contributed by atoms with E-state index < -0.39 is 10.8 Å². The summed E-state index contributed by atoms with van der Waals surface area (Å²) in [5, 5.41) is 40.8. The van der Waals surface area contributed by atoms with Crippen LogP contribution in [0.1, 0.15) is 49.9 Å². The Labute approximate surface area is 200 Å². The zero-order valence-electron chi connectivity index (χ0n) is 19.9. The first-order valence-corrected chi connectivity index (χ1v) is 11.3. The average Bonchev–Trinajstić information content (AvgIpc) is 2.80. The Kier molecular flexibility index (Phi) is 5.78. The first kappa shape index (κ1) is 23.2. The highest BCUT2D eigenvalue weighted by Gasteiger charge is 2.27. The number of phenols is 4. The van der Waals surface area contributed by atoms with Gasteiger partial charge in [0.1, 0.15) is 23.0 Å². The smallest absolute Gasteiger partial charge is 0.123 e. The third kappa shape index (κ3) is 4.19. The Balaban J connectivity index is 1.81. The van der Waals surface area contributed by atoms with Crippen LogP contribution in [0.2, 0.25) is 0 Å². The van der Waals surface area contributed by atoms with Crippen molar-refractivity contribution in [3.8, 4) is 34.1 Å². The van der Waals surface area contributed by atoms with Crippen LogP contribution in [-0.4, -0.2) is 20.4 Å². The molecule has 0 fully saturated rings. The van der Waals surface area contributed by atoms with E-state index in [4.69, 9.17) is 0 Å². The normalized spacial score (nSPS) is 12.0. The number of aromatic hydroxyl groups is 4. The minimum absolute atomic E-state index is 0.0835. The van der Waals surface area contributed by atoms with E-state index in [0.717, 1.165) is 22.3 Å². The standard InChI is InChI=1S/C30H30O4/c1-29(2,19-5-11-23(31)12-6-19)21-9-15-27(33)25(17-21)26-18-22(10-16-28(26)34)30(3,4)20-7-13-24(32)14-8-20/h5-18,31-34H,1-4H3. The quantitative estimate of drug-likeness (QED) is 0.266. The Morgan fingerprint density at radius 3 is 1.03 bits per heavy atom. The van der Waals surface area contributed by atoms with Gasteiger partial charge in [-0.25, -0.2) is 0 Å². The number of hydrogen-bond donors (Lipinski definition) is 4. The zero-order chi connectivity index (χ0) is 24.7. The Hall–Kier alpha value is -3.92. The van der Waals surface area contributed by atoms with Crippen molar-refractivity contribution in [2.75, 3.05) is 0 Å². The second-order valence-corrected chi connectivity index (χ2v) is 9.81. The van der Waals surface area contributed by atoms with Crippen LogP contribution in [0.15, 0.2) is 84.9 Å². The van der Waals surface area contributed by atoms with Crippen LogP contribution in [0.5, 0.6) is 23.0 Å². The van der Waals surface area contributed by atoms with Gasteiger partial charge < -0.3 is 20.4 Å². The van der Waals surface area contributed by atoms with Crippen molar-refractivity contribution in [2.45, 2.75) is 38.5 Å². The van der Waals surface area contributed by atoms with Crippen LogP contribution in [0.3, 0.4) is 0 Å². The van der Waals surface area contributed by atoms with Crippen molar-refractivity contribution in [1.82, 2.24) is 0 Å². The van der Waals surface area contributed by atoms with Crippen molar-refractivity contribution in [2.24, 2.45) is 0 Å². The zero-order valence-corrected chi connectivity index (χ0v) is 19.9. The van der Waals surface area contributed by atoms with Crippen LogP contribution in [0.25, 0.3) is 11.1 Å². The lowest BCUT2D eigenvalue weighted by atomic mass is 9.76. The van der Waals surface area contributed by atoms with Gasteiger partial charge in [-0.05, 0) is 70.8 Å². The summed E-state index contributed by atoms with van der Waals surface area (Å²) >= 11 is 0. The Morgan fingerprint density at radius 2 is 0.706 bits per heavy atom. The van der Waals surface area contributed by atoms with E-state index in [1.165, 1.54) is 0 Å². The minimum atomic E-state index is -0.394. The molecule has 4 N–H and O–H groups in total. The minimum Gasteiger partial charge on any atom is -0.508 e. The average molecular weight is 455 g/mol. The van der Waals surface area contributed by atoms with Gasteiger partial charge in [0, 0.05) is 22.0 Å². The first-order chi connectivity index (χ1) is 16.0. The van der Waals surface area contributed by atoms with Crippen LogP contribution in [0, 0.1) is 0 Å². The number of hydrogen-bond acceptors (Lipinski definition) is 4. The first-order valence-electron chi connectivity index (χ1n) is 11.3. The lowest BCUT2D eigenvalue weighted by Gasteiger charge is -2.28. The molecule has 0 aliphatic rings. The fraction of sp³-hybridized carbons (Fsp3) is 0.200. The highest BCUT2D eigenvalue weighted by molar-refractivity contribution is 5.77. The van der Waals surface area contributed by atoms with Gasteiger partial charge in [0.25, 0.3) is 0 Å². The lowest BCUT2D eigenvalue weighted by molar-refractivity contribution is 0.468. The monoisotopic (exact) mass is 454 g/mol. The SMILES string of the molecule is CC(C)(c1ccc(O)cc1)c1ccc(O)c(-c2cc(C(C)(C)c3ccc(O)cc3)ccc2O)c1. The summed E-state index contributed by atoms with van der Waals surface area (Å²) < 4.78 is 0. The molecule has 0 saturated heterocycles. The Morgan fingerprint density at radius 1 is 0.412 bits per heavy atom. The van der Waals surface area contributed by atoms with E-state index in [1.54, 1.807) is 36.4 Å². The summed E-state index contributed by atoms with van der Waals surface area (Å²) in [6.45, 7) is 8.33. The second-order valence-electron chi connectivity index (χ2n) is 9.81. The summed E-state index contributed by atoms with van der Waals surface area (Å²) in [5.41, 5.74) is 4.28. The van der Waals surface area contributed by atoms with Gasteiger partial charge in [-0.15, -0.1) is 0 Å². The largest absolute Gasteiger partial charge is 0.508 e. The molecule has 0 heterocycles. The molecule has 0 aliphatic heterocycles. The molecule has 4 heteroatoms. The molecule has 4 nitrogen and oxygen atoms in total. The fourth-order valence-electron chi connectivity index (χ4n) is 4.37. The molecule has 0 amide bonds. The number of phenolic OH excluding ortho intramolecular Hbond substituents is 4. The van der Waals surface area contributed by atoms with Gasteiger partial charge in [0.2, 0.25) is 0 Å². The Bertz CT molecular complexity index is 1210. The molecule has 0 aliphatic carbocycles. The molecule has 0 atom stereocenters. The summed E-state index contributed by atoms with van der Waals surface area (Å²) in [5.74, 6) is 0.591. The highest BCUT2D eigenvalue weighted by atomic mass is 16.3. The molecular weight excluding hydrogens is 424 g/mol. The van der Waals surface area contributed by atoms with Crippen molar-refractivity contribution in [3.05, 3.63) is 107 Å². The molecule has 0 radical (unpaired) electrons. The molecule has 0 bridgehead atoms. The van der Waals surface area contributed by atoms with Crippen LogP contribution < -0.4 is 0 Å². The third-order valence-electron chi connectivity index (χ3n) is 6.90. The molecule has 4 rings (SSSR count). The van der Waals surface area contributed by atoms with Gasteiger partial charge >= 0.3 is 0 Å². The van der Waals surface area contributed by atoms with Crippen LogP contribution in [-0.2, 0) is 10.8 Å². The molecule has 34 heavy (non-hydrogen) atoms. The summed E-state index contributed by atoms with van der Waals surface area (Å²) in [4.78, 5) is 0. The van der Waals surface area contributed by atoms with E-state index in [-0.39, 0.29) is 23.0 Å². The predicted molar refractivity (Wildman–Crippen MR) is 136 cm³/mol. The molecule has 174 valence electrons. The fourth-order valence-corrected chi connectivity index (χ4v) is 4.37. The van der Waals surface area contributed by atoms with E-state index in [1.807, 2.05) is 48.5 Å². The molecule has 0 saturated carbocycles. The molecule has 0 unspecified atom stereocenters. The summed E-state index contributed by atoms with van der Waals surface area (Å²) in [6.07, 6.45) is 0. The summed E-state index contributed by atoms with van der Waals surface area (Å²) in [7, 11) is 0. The van der Waals surface area contributed by atoms with Crippen molar-refractivity contribution >= 4 is 0 Å². The molecule has 4 aromatic rings. The molecule has 0 spiro atoms. The summed E-state index contributed by atoms with van der Waals surface area (Å²) in [6, 6.07) is 25.1. The van der Waals surface area contributed by atoms with Crippen molar-refractivity contribution < 1.29 is 20.4 Å². The van der Waals surface area contributed by atoms with Gasteiger partial charge in [-0.2, -0.15) is 0 Å². The van der Waals surface area contributed by atoms with Crippen LogP contribution in [0.4, 0.5) is 0 Å². The predicted octanol–water partition coefficient (Wildman–Crippen LogP) is 6.83. The third-order valence-corrected chi connectivity index (χ3v) is 6.90. The maximum atomic E-state index is 10.8. The molecule has 4 aromatic carbocycles. The number of benzene rings is 4. The van der Waals surface area contributed by atoms with E-state index in [2.05, 4.69) is 27.7 Å². The van der Waals surface area contributed by atoms with Crippen LogP contribution >= 0.6 is 0 Å². The van der Waals surface area contributed by atoms with Gasteiger partial charge in [0.15, 0.2) is 0 Å². The molecule has 0 aromatic heterocycles. The van der Waals surface area contributed by atoms with Gasteiger partial charge in [0.05, 0.1) is 0 Å². The van der Waals surface area contributed by atoms with E-state index in [9.17, 15) is 20.4 Å². The van der Waals surface area contributed by atoms with E-state index >= 15 is 0 Å². The topological polar surface area (TPSA) is 80.9 Å². The van der Waals surface area contributed by atoms with Crippen molar-refractivity contribution in [1.29, 1.82) is 0 Å². The molecular formula is C30H30O4. The lowest BCUT2D eigenvalue weighted by Crippen LogP contribution is -2.19. The highest BCUT2D eigenvalue weighted by Crippen LogP contribution is 2.43. The second kappa shape index (κ2) is 8.45. The van der Waals surface area contributed by atoms with E-state index in [0.29, 0.717) is 11.1 Å². The van der Waals surface area contributed by atoms with Crippen molar-refractivity contribution in [3.63, 3.8) is 0 Å².